The predicted molar refractivity (Wildman–Crippen MR) is 99.0 cm³/mol. The van der Waals surface area contributed by atoms with Crippen LogP contribution >= 0.6 is 24.0 Å². The summed E-state index contributed by atoms with van der Waals surface area (Å²) < 4.78 is 5.73. The lowest BCUT2D eigenvalue weighted by Crippen LogP contribution is -2.36. The maximum absolute atomic E-state index is 12.4. The topological polar surface area (TPSA) is 72.9 Å². The maximum Gasteiger partial charge on any atom is 0.266 e. The van der Waals surface area contributed by atoms with Crippen LogP contribution in [0.15, 0.2) is 29.2 Å². The molecule has 0 bridgehead atoms. The highest BCUT2D eigenvalue weighted by atomic mass is 32.2. The van der Waals surface area contributed by atoms with Crippen molar-refractivity contribution < 1.29 is 19.4 Å². The van der Waals surface area contributed by atoms with Gasteiger partial charge >= 0.3 is 0 Å². The second-order valence-electron chi connectivity index (χ2n) is 5.65. The number of hydrogen-bond acceptors (Lipinski definition) is 7. The fourth-order valence-electron chi connectivity index (χ4n) is 2.65. The van der Waals surface area contributed by atoms with Crippen LogP contribution in [-0.2, 0) is 14.3 Å². The summed E-state index contributed by atoms with van der Waals surface area (Å²) in [5.74, 6) is -1.45. The molecule has 2 aliphatic rings. The van der Waals surface area contributed by atoms with Crippen molar-refractivity contribution in [2.75, 3.05) is 37.7 Å². The zero-order valence-electron chi connectivity index (χ0n) is 13.5. The van der Waals surface area contributed by atoms with E-state index in [2.05, 4.69) is 4.90 Å². The van der Waals surface area contributed by atoms with Crippen molar-refractivity contribution in [1.29, 1.82) is 0 Å². The number of carboxylic acid groups (broad SMARTS) is 1. The number of amides is 1. The van der Waals surface area contributed by atoms with Crippen LogP contribution in [0.3, 0.4) is 0 Å². The zero-order chi connectivity index (χ0) is 17.8. The first-order valence-corrected chi connectivity index (χ1v) is 9.15. The van der Waals surface area contributed by atoms with Crippen LogP contribution in [0.4, 0.5) is 5.69 Å². The van der Waals surface area contributed by atoms with Crippen LogP contribution in [0.2, 0.25) is 0 Å². The van der Waals surface area contributed by atoms with Crippen molar-refractivity contribution in [2.45, 2.75) is 6.42 Å². The molecule has 0 radical (unpaired) electrons. The minimum atomic E-state index is -1.20. The molecule has 0 spiro atoms. The van der Waals surface area contributed by atoms with E-state index in [-0.39, 0.29) is 18.9 Å². The third-order valence-corrected chi connectivity index (χ3v) is 5.36. The highest BCUT2D eigenvalue weighted by Crippen LogP contribution is 2.32. The minimum Gasteiger partial charge on any atom is -0.550 e. The van der Waals surface area contributed by atoms with Gasteiger partial charge in [-0.3, -0.25) is 9.69 Å². The number of carbonyl (C=O) groups excluding carboxylic acids is 2. The van der Waals surface area contributed by atoms with Gasteiger partial charge in [0.05, 0.1) is 18.1 Å². The molecule has 1 aromatic rings. The molecule has 0 atom stereocenters. The average molecular weight is 377 g/mol. The third kappa shape index (κ3) is 4.39. The number of anilines is 1. The lowest BCUT2D eigenvalue weighted by molar-refractivity contribution is -0.305. The fraction of sp³-hybridized carbons (Fsp3) is 0.353. The molecule has 3 rings (SSSR count). The summed E-state index contributed by atoms with van der Waals surface area (Å²) in [6.07, 6.45) is 1.55. The maximum atomic E-state index is 12.4. The molecule has 0 unspecified atom stereocenters. The van der Waals surface area contributed by atoms with E-state index < -0.39 is 5.97 Å². The van der Waals surface area contributed by atoms with Gasteiger partial charge in [-0.05, 0) is 23.8 Å². The van der Waals surface area contributed by atoms with Crippen molar-refractivity contribution >= 4 is 51.9 Å². The Kier molecular flexibility index (Phi) is 5.72. The van der Waals surface area contributed by atoms with Gasteiger partial charge in [-0.1, -0.05) is 36.1 Å². The fourth-order valence-corrected chi connectivity index (χ4v) is 3.96. The van der Waals surface area contributed by atoms with Crippen molar-refractivity contribution in [3.8, 4) is 0 Å². The Morgan fingerprint density at radius 3 is 2.60 bits per heavy atom. The number of carboxylic acids is 1. The van der Waals surface area contributed by atoms with Gasteiger partial charge in [-0.2, -0.15) is 0 Å². The Morgan fingerprint density at radius 1 is 1.28 bits per heavy atom. The lowest BCUT2D eigenvalue weighted by atomic mass is 10.1. The molecule has 6 nitrogen and oxygen atoms in total. The number of morpholine rings is 1. The van der Waals surface area contributed by atoms with Gasteiger partial charge in [-0.15, -0.1) is 0 Å². The molecule has 2 saturated heterocycles. The van der Waals surface area contributed by atoms with E-state index in [1.54, 1.807) is 6.08 Å². The molecule has 2 fully saturated rings. The number of thioether (sulfide) groups is 1. The Bertz CT molecular complexity index is 712. The Morgan fingerprint density at radius 2 is 1.96 bits per heavy atom. The van der Waals surface area contributed by atoms with Crippen molar-refractivity contribution in [1.82, 2.24) is 4.90 Å². The molecular weight excluding hydrogens is 360 g/mol. The second-order valence-corrected chi connectivity index (χ2v) is 7.32. The van der Waals surface area contributed by atoms with Gasteiger partial charge in [-0.25, -0.2) is 0 Å². The summed E-state index contributed by atoms with van der Waals surface area (Å²) in [5, 5.41) is 10.6. The Hall–Kier alpha value is -1.90. The number of rotatable bonds is 5. The van der Waals surface area contributed by atoms with Crippen LogP contribution in [-0.4, -0.2) is 53.9 Å². The zero-order valence-corrected chi connectivity index (χ0v) is 15.1. The molecule has 0 saturated carbocycles. The number of aliphatic carboxylic acids is 1. The van der Waals surface area contributed by atoms with Crippen molar-refractivity contribution in [2.24, 2.45) is 0 Å². The molecule has 25 heavy (non-hydrogen) atoms. The molecule has 132 valence electrons. The van der Waals surface area contributed by atoms with Crippen molar-refractivity contribution in [3.63, 3.8) is 0 Å². The Labute approximate surface area is 155 Å². The van der Waals surface area contributed by atoms with Gasteiger partial charge in [0.25, 0.3) is 5.91 Å². The predicted octanol–water partition coefficient (Wildman–Crippen LogP) is 0.864. The molecule has 0 N–H and O–H groups in total. The third-order valence-electron chi connectivity index (χ3n) is 3.98. The number of nitrogens with zero attached hydrogens (tertiary/aromatic N) is 2. The smallest absolute Gasteiger partial charge is 0.266 e. The summed E-state index contributed by atoms with van der Waals surface area (Å²) in [6.45, 7) is 3.25. The van der Waals surface area contributed by atoms with E-state index in [0.717, 1.165) is 37.6 Å². The number of carbonyl (C=O) groups is 2. The van der Waals surface area contributed by atoms with Gasteiger partial charge in [0.1, 0.15) is 4.32 Å². The SMILES string of the molecule is O=C([O-])CCN1C(=O)/C(=C\c2ccc(N3CCOCC3)cc2)SC1=S. The van der Waals surface area contributed by atoms with Gasteiger partial charge in [0.15, 0.2) is 0 Å². The summed E-state index contributed by atoms with van der Waals surface area (Å²) in [7, 11) is 0. The normalized spacial score (nSPS) is 19.8. The molecular formula is C17H17N2O4S2-. The number of ether oxygens (including phenoxy) is 1. The molecule has 8 heteroatoms. The van der Waals surface area contributed by atoms with E-state index in [1.165, 1.54) is 16.7 Å². The summed E-state index contributed by atoms with van der Waals surface area (Å²) >= 11 is 6.35. The van der Waals surface area contributed by atoms with E-state index in [0.29, 0.717) is 9.23 Å². The summed E-state index contributed by atoms with van der Waals surface area (Å²) in [5.41, 5.74) is 2.03. The van der Waals surface area contributed by atoms with E-state index >= 15 is 0 Å². The van der Waals surface area contributed by atoms with E-state index in [1.807, 2.05) is 24.3 Å². The van der Waals surface area contributed by atoms with Crippen molar-refractivity contribution in [3.05, 3.63) is 34.7 Å². The second kappa shape index (κ2) is 7.99. The summed E-state index contributed by atoms with van der Waals surface area (Å²) in [4.78, 5) is 27.0. The van der Waals surface area contributed by atoms with Crippen LogP contribution in [0, 0.1) is 0 Å². The number of thiocarbonyl (C=S) groups is 1. The molecule has 1 amide bonds. The minimum absolute atomic E-state index is 0.0420. The molecule has 0 aliphatic carbocycles. The average Bonchev–Trinajstić information content (AvgIpc) is 2.88. The van der Waals surface area contributed by atoms with Gasteiger partial charge in [0.2, 0.25) is 0 Å². The van der Waals surface area contributed by atoms with E-state index in [4.69, 9.17) is 17.0 Å². The van der Waals surface area contributed by atoms with Gasteiger partial charge in [0, 0.05) is 37.7 Å². The van der Waals surface area contributed by atoms with E-state index in [9.17, 15) is 14.7 Å². The monoisotopic (exact) mass is 377 g/mol. The van der Waals surface area contributed by atoms with Crippen LogP contribution in [0.5, 0.6) is 0 Å². The highest BCUT2D eigenvalue weighted by Gasteiger charge is 2.31. The number of hydrogen-bond donors (Lipinski definition) is 0. The highest BCUT2D eigenvalue weighted by molar-refractivity contribution is 8.26. The first-order chi connectivity index (χ1) is 12.0. The molecule has 2 aliphatic heterocycles. The molecule has 1 aromatic carbocycles. The lowest BCUT2D eigenvalue weighted by Gasteiger charge is -2.28. The first kappa shape index (κ1) is 17.9. The van der Waals surface area contributed by atoms with Crippen LogP contribution in [0.1, 0.15) is 12.0 Å². The quantitative estimate of drug-likeness (QED) is 0.557. The molecule has 2 heterocycles. The largest absolute Gasteiger partial charge is 0.550 e. The first-order valence-electron chi connectivity index (χ1n) is 7.92. The number of benzene rings is 1. The Balaban J connectivity index is 1.69. The van der Waals surface area contributed by atoms with Gasteiger partial charge < -0.3 is 19.5 Å². The van der Waals surface area contributed by atoms with Crippen LogP contribution in [0.25, 0.3) is 6.08 Å². The summed E-state index contributed by atoms with van der Waals surface area (Å²) in [6, 6.07) is 7.96. The van der Waals surface area contributed by atoms with Crippen LogP contribution < -0.4 is 10.0 Å². The molecule has 0 aromatic heterocycles. The standard InChI is InChI=1S/C17H18N2O4S2/c20-15(21)5-6-19-16(22)14(25-17(19)24)11-12-1-3-13(4-2-12)18-7-9-23-10-8-18/h1-4,11H,5-10H2,(H,20,21)/p-1/b14-11+.